The molecular formula is C11H13NO. The Morgan fingerprint density at radius 1 is 1.46 bits per heavy atom. The van der Waals surface area contributed by atoms with Crippen LogP contribution in [-0.2, 0) is 4.74 Å². The van der Waals surface area contributed by atoms with Crippen molar-refractivity contribution in [3.8, 4) is 0 Å². The fourth-order valence-corrected chi connectivity index (χ4v) is 2.48. The first-order valence-corrected chi connectivity index (χ1v) is 4.98. The summed E-state index contributed by atoms with van der Waals surface area (Å²) in [6, 6.07) is 0. The summed E-state index contributed by atoms with van der Waals surface area (Å²) in [5.41, 5.74) is 1.52. The highest BCUT2D eigenvalue weighted by atomic mass is 16.5. The zero-order chi connectivity index (χ0) is 8.67. The molecular weight excluding hydrogens is 162 g/mol. The van der Waals surface area contributed by atoms with Crippen molar-refractivity contribution in [2.24, 2.45) is 16.8 Å². The molecule has 0 aromatic rings. The molecule has 0 bridgehead atoms. The van der Waals surface area contributed by atoms with Gasteiger partial charge < -0.3 is 4.74 Å². The van der Waals surface area contributed by atoms with Crippen molar-refractivity contribution in [3.63, 3.8) is 0 Å². The van der Waals surface area contributed by atoms with Gasteiger partial charge in [0.05, 0.1) is 12.5 Å². The van der Waals surface area contributed by atoms with E-state index in [0.717, 1.165) is 18.9 Å². The van der Waals surface area contributed by atoms with Crippen molar-refractivity contribution in [1.29, 1.82) is 0 Å². The SMILES string of the molecule is C1=CC2=C3C(C=NCCC3C1)CO2. The van der Waals surface area contributed by atoms with Crippen LogP contribution in [0.1, 0.15) is 12.8 Å². The monoisotopic (exact) mass is 175 g/mol. The second-order valence-electron chi connectivity index (χ2n) is 3.92. The Hall–Kier alpha value is -1.05. The molecule has 2 unspecified atom stereocenters. The zero-order valence-electron chi connectivity index (χ0n) is 7.57. The number of hydrogen-bond donors (Lipinski definition) is 0. The molecule has 2 aliphatic heterocycles. The number of allylic oxidation sites excluding steroid dienone is 2. The van der Waals surface area contributed by atoms with Gasteiger partial charge in [-0.05, 0) is 30.4 Å². The Morgan fingerprint density at radius 2 is 2.46 bits per heavy atom. The highest BCUT2D eigenvalue weighted by Crippen LogP contribution is 2.39. The van der Waals surface area contributed by atoms with Crippen LogP contribution in [0.3, 0.4) is 0 Å². The van der Waals surface area contributed by atoms with Crippen LogP contribution in [-0.4, -0.2) is 19.4 Å². The van der Waals surface area contributed by atoms with Gasteiger partial charge in [-0.15, -0.1) is 0 Å². The molecule has 0 fully saturated rings. The van der Waals surface area contributed by atoms with E-state index in [1.807, 2.05) is 0 Å². The maximum Gasteiger partial charge on any atom is 0.119 e. The van der Waals surface area contributed by atoms with E-state index in [9.17, 15) is 0 Å². The summed E-state index contributed by atoms with van der Waals surface area (Å²) in [6.45, 7) is 1.81. The summed E-state index contributed by atoms with van der Waals surface area (Å²) < 4.78 is 5.63. The normalized spacial score (nSPS) is 35.7. The molecule has 3 rings (SSSR count). The van der Waals surface area contributed by atoms with Crippen molar-refractivity contribution in [1.82, 2.24) is 0 Å². The molecule has 0 aromatic heterocycles. The lowest BCUT2D eigenvalue weighted by atomic mass is 9.83. The van der Waals surface area contributed by atoms with Crippen molar-refractivity contribution in [3.05, 3.63) is 23.5 Å². The fourth-order valence-electron chi connectivity index (χ4n) is 2.48. The van der Waals surface area contributed by atoms with E-state index in [1.165, 1.54) is 18.4 Å². The molecule has 0 saturated heterocycles. The topological polar surface area (TPSA) is 21.6 Å². The van der Waals surface area contributed by atoms with Gasteiger partial charge in [0.1, 0.15) is 5.76 Å². The highest BCUT2D eigenvalue weighted by Gasteiger charge is 2.33. The predicted molar refractivity (Wildman–Crippen MR) is 51.7 cm³/mol. The average molecular weight is 175 g/mol. The minimum atomic E-state index is 0.479. The third kappa shape index (κ3) is 1.05. The molecule has 0 aromatic carbocycles. The molecule has 2 heterocycles. The van der Waals surface area contributed by atoms with E-state index in [4.69, 9.17) is 4.74 Å². The molecule has 0 spiro atoms. The van der Waals surface area contributed by atoms with E-state index < -0.39 is 0 Å². The van der Waals surface area contributed by atoms with Gasteiger partial charge in [0.15, 0.2) is 0 Å². The van der Waals surface area contributed by atoms with Crippen molar-refractivity contribution >= 4 is 6.21 Å². The summed E-state index contributed by atoms with van der Waals surface area (Å²) in [4.78, 5) is 4.41. The van der Waals surface area contributed by atoms with Crippen molar-refractivity contribution in [2.75, 3.05) is 13.2 Å². The zero-order valence-corrected chi connectivity index (χ0v) is 7.57. The predicted octanol–water partition coefficient (Wildman–Crippen LogP) is 1.94. The second-order valence-corrected chi connectivity index (χ2v) is 3.92. The molecule has 0 saturated carbocycles. The minimum absolute atomic E-state index is 0.479. The van der Waals surface area contributed by atoms with Gasteiger partial charge >= 0.3 is 0 Å². The van der Waals surface area contributed by atoms with Crippen molar-refractivity contribution < 1.29 is 4.74 Å². The van der Waals surface area contributed by atoms with E-state index in [1.54, 1.807) is 0 Å². The molecule has 2 atom stereocenters. The summed E-state index contributed by atoms with van der Waals surface area (Å²) in [5.74, 6) is 2.32. The Labute approximate surface area is 78.0 Å². The van der Waals surface area contributed by atoms with Crippen LogP contribution >= 0.6 is 0 Å². The lowest BCUT2D eigenvalue weighted by molar-refractivity contribution is 0.245. The molecule has 0 amide bonds. The van der Waals surface area contributed by atoms with Gasteiger partial charge in [0.2, 0.25) is 0 Å². The van der Waals surface area contributed by atoms with E-state index in [0.29, 0.717) is 11.8 Å². The molecule has 0 radical (unpaired) electrons. The highest BCUT2D eigenvalue weighted by molar-refractivity contribution is 5.68. The Morgan fingerprint density at radius 3 is 3.46 bits per heavy atom. The third-order valence-corrected chi connectivity index (χ3v) is 3.12. The van der Waals surface area contributed by atoms with Crippen LogP contribution in [0.15, 0.2) is 28.5 Å². The van der Waals surface area contributed by atoms with Crippen LogP contribution in [0.2, 0.25) is 0 Å². The number of aliphatic imine (C=N–C) groups is 1. The smallest absolute Gasteiger partial charge is 0.119 e. The molecule has 0 N–H and O–H groups in total. The minimum Gasteiger partial charge on any atom is -0.493 e. The molecule has 68 valence electrons. The number of rotatable bonds is 0. The molecule has 13 heavy (non-hydrogen) atoms. The fraction of sp³-hybridized carbons (Fsp3) is 0.545. The van der Waals surface area contributed by atoms with Gasteiger partial charge in [0, 0.05) is 12.8 Å². The largest absolute Gasteiger partial charge is 0.493 e. The molecule has 2 nitrogen and oxygen atoms in total. The van der Waals surface area contributed by atoms with Gasteiger partial charge in [-0.3, -0.25) is 4.99 Å². The van der Waals surface area contributed by atoms with E-state index in [-0.39, 0.29) is 0 Å². The third-order valence-electron chi connectivity index (χ3n) is 3.12. The van der Waals surface area contributed by atoms with Crippen LogP contribution in [0.4, 0.5) is 0 Å². The van der Waals surface area contributed by atoms with Crippen LogP contribution in [0.5, 0.6) is 0 Å². The quantitative estimate of drug-likeness (QED) is 0.551. The first-order valence-electron chi connectivity index (χ1n) is 4.98. The van der Waals surface area contributed by atoms with Crippen LogP contribution < -0.4 is 0 Å². The van der Waals surface area contributed by atoms with Crippen LogP contribution in [0, 0.1) is 11.8 Å². The van der Waals surface area contributed by atoms with Crippen molar-refractivity contribution in [2.45, 2.75) is 12.8 Å². The van der Waals surface area contributed by atoms with Crippen LogP contribution in [0.25, 0.3) is 0 Å². The summed E-state index contributed by atoms with van der Waals surface area (Å²) in [7, 11) is 0. The maximum atomic E-state index is 5.63. The first-order chi connectivity index (χ1) is 6.45. The van der Waals surface area contributed by atoms with Gasteiger partial charge in [-0.2, -0.15) is 0 Å². The number of ether oxygens (including phenoxy) is 1. The molecule has 1 aliphatic carbocycles. The average Bonchev–Trinajstić information content (AvgIpc) is 2.44. The molecule has 2 heteroatoms. The second kappa shape index (κ2) is 2.72. The van der Waals surface area contributed by atoms with Gasteiger partial charge in [0.25, 0.3) is 0 Å². The Kier molecular flexibility index (Phi) is 1.54. The summed E-state index contributed by atoms with van der Waals surface area (Å²) in [5, 5.41) is 0. The summed E-state index contributed by atoms with van der Waals surface area (Å²) in [6.07, 6.45) is 8.82. The van der Waals surface area contributed by atoms with Gasteiger partial charge in [-0.25, -0.2) is 0 Å². The van der Waals surface area contributed by atoms with Gasteiger partial charge in [-0.1, -0.05) is 6.08 Å². The molecule has 3 aliphatic rings. The Bertz CT molecular complexity index is 314. The number of hydrogen-bond acceptors (Lipinski definition) is 2. The first kappa shape index (κ1) is 7.36. The standard InChI is InChI=1S/C11H13NO/c1-2-8-4-5-12-6-9-7-13-10(3-1)11(8)9/h1,3,6,8-9H,2,4-5,7H2. The Balaban J connectivity index is 2.05. The van der Waals surface area contributed by atoms with E-state index in [2.05, 4.69) is 23.4 Å². The van der Waals surface area contributed by atoms with E-state index >= 15 is 0 Å². The lowest BCUT2D eigenvalue weighted by Crippen LogP contribution is -2.13. The summed E-state index contributed by atoms with van der Waals surface area (Å²) >= 11 is 0. The number of nitrogens with zero attached hydrogens (tertiary/aromatic N) is 1. The maximum absolute atomic E-state index is 5.63. The lowest BCUT2D eigenvalue weighted by Gasteiger charge is -2.19.